The van der Waals surface area contributed by atoms with Gasteiger partial charge >= 0.3 is 0 Å². The van der Waals surface area contributed by atoms with Gasteiger partial charge in [0.25, 0.3) is 0 Å². The van der Waals surface area contributed by atoms with Crippen LogP contribution in [0.15, 0.2) is 36.2 Å². The van der Waals surface area contributed by atoms with E-state index in [1.807, 2.05) is 24.3 Å². The number of hydrogen-bond donors (Lipinski definition) is 2. The molecule has 0 radical (unpaired) electrons. The summed E-state index contributed by atoms with van der Waals surface area (Å²) in [5, 5.41) is 7.21. The molecule has 110 valence electrons. The van der Waals surface area contributed by atoms with Crippen LogP contribution in [0.1, 0.15) is 24.6 Å². The fraction of sp³-hybridized carbons (Fsp3) is 0.333. The molecule has 3 rings (SSSR count). The standard InChI is InChI=1S/C15H17FN4O/c16-7-10(8-17)9-21-13-5-3-12(4-6-13)15-18-14(19-20-15)11-1-2-11/h3-7,11H,1-2,8-9,17H2,(H,18,19,20)/b10-7-. The molecule has 6 heteroatoms. The number of hydrogen-bond acceptors (Lipinski definition) is 4. The van der Waals surface area contributed by atoms with Crippen molar-refractivity contribution in [2.75, 3.05) is 13.2 Å². The molecule has 0 saturated heterocycles. The Labute approximate surface area is 122 Å². The highest BCUT2D eigenvalue weighted by Crippen LogP contribution is 2.38. The van der Waals surface area contributed by atoms with Crippen LogP contribution in [0.3, 0.4) is 0 Å². The molecule has 0 aliphatic heterocycles. The summed E-state index contributed by atoms with van der Waals surface area (Å²) in [4.78, 5) is 4.49. The van der Waals surface area contributed by atoms with E-state index in [4.69, 9.17) is 10.5 Å². The second-order valence-corrected chi connectivity index (χ2v) is 5.10. The van der Waals surface area contributed by atoms with Crippen LogP contribution in [0.4, 0.5) is 4.39 Å². The molecule has 2 aromatic rings. The lowest BCUT2D eigenvalue weighted by atomic mass is 10.2. The Balaban J connectivity index is 1.65. The summed E-state index contributed by atoms with van der Waals surface area (Å²) in [6.07, 6.45) is 2.86. The van der Waals surface area contributed by atoms with E-state index in [1.54, 1.807) is 0 Å². The SMILES string of the molecule is NC/C(=C/F)COc1ccc(-c2n[nH]c(C3CC3)n2)cc1. The van der Waals surface area contributed by atoms with Crippen molar-refractivity contribution in [3.8, 4) is 17.1 Å². The van der Waals surface area contributed by atoms with Crippen molar-refractivity contribution in [3.63, 3.8) is 0 Å². The van der Waals surface area contributed by atoms with Gasteiger partial charge < -0.3 is 10.5 Å². The summed E-state index contributed by atoms with van der Waals surface area (Å²) >= 11 is 0. The van der Waals surface area contributed by atoms with Gasteiger partial charge in [0.05, 0.1) is 6.33 Å². The van der Waals surface area contributed by atoms with Gasteiger partial charge in [-0.1, -0.05) is 0 Å². The molecule has 1 aromatic carbocycles. The number of nitrogens with two attached hydrogens (primary N) is 1. The number of benzene rings is 1. The first-order valence-corrected chi connectivity index (χ1v) is 6.94. The summed E-state index contributed by atoms with van der Waals surface area (Å²) in [5.74, 6) is 2.86. The molecule has 1 heterocycles. The van der Waals surface area contributed by atoms with Crippen molar-refractivity contribution < 1.29 is 9.13 Å². The Morgan fingerprint density at radius 2 is 2.14 bits per heavy atom. The van der Waals surface area contributed by atoms with Gasteiger partial charge in [-0.05, 0) is 37.1 Å². The molecule has 21 heavy (non-hydrogen) atoms. The van der Waals surface area contributed by atoms with Crippen LogP contribution in [0.2, 0.25) is 0 Å². The van der Waals surface area contributed by atoms with Gasteiger partial charge in [-0.3, -0.25) is 5.10 Å². The largest absolute Gasteiger partial charge is 0.489 e. The van der Waals surface area contributed by atoms with Crippen molar-refractivity contribution in [3.05, 3.63) is 42.0 Å². The molecule has 1 saturated carbocycles. The third-order valence-electron chi connectivity index (χ3n) is 3.42. The Morgan fingerprint density at radius 1 is 1.38 bits per heavy atom. The Hall–Kier alpha value is -2.21. The normalized spacial score (nSPS) is 15.2. The third-order valence-corrected chi connectivity index (χ3v) is 3.42. The second kappa shape index (κ2) is 6.05. The molecule has 0 spiro atoms. The molecule has 1 aliphatic rings. The topological polar surface area (TPSA) is 76.8 Å². The highest BCUT2D eigenvalue weighted by atomic mass is 19.1. The molecule has 0 bridgehead atoms. The number of nitrogens with zero attached hydrogens (tertiary/aromatic N) is 2. The molecule has 3 N–H and O–H groups in total. The average molecular weight is 288 g/mol. The summed E-state index contributed by atoms with van der Waals surface area (Å²) in [6, 6.07) is 7.40. The summed E-state index contributed by atoms with van der Waals surface area (Å²) in [6.45, 7) is 0.300. The maximum absolute atomic E-state index is 12.4. The number of aromatic nitrogens is 3. The average Bonchev–Trinajstić information content (AvgIpc) is 3.26. The third kappa shape index (κ3) is 3.28. The van der Waals surface area contributed by atoms with E-state index in [-0.39, 0.29) is 13.2 Å². The van der Waals surface area contributed by atoms with Crippen molar-refractivity contribution in [1.29, 1.82) is 0 Å². The molecule has 0 atom stereocenters. The molecule has 1 fully saturated rings. The minimum absolute atomic E-state index is 0.149. The molecular formula is C15H17FN4O. The fourth-order valence-corrected chi connectivity index (χ4v) is 1.95. The first-order chi connectivity index (χ1) is 10.3. The van der Waals surface area contributed by atoms with Gasteiger partial charge in [-0.15, -0.1) is 0 Å². The smallest absolute Gasteiger partial charge is 0.181 e. The van der Waals surface area contributed by atoms with Gasteiger partial charge in [0.1, 0.15) is 18.2 Å². The fourth-order valence-electron chi connectivity index (χ4n) is 1.95. The minimum atomic E-state index is 0.149. The van der Waals surface area contributed by atoms with Crippen molar-refractivity contribution in [1.82, 2.24) is 15.2 Å². The van der Waals surface area contributed by atoms with E-state index in [1.165, 1.54) is 12.8 Å². The summed E-state index contributed by atoms with van der Waals surface area (Å²) in [7, 11) is 0. The summed E-state index contributed by atoms with van der Waals surface area (Å²) in [5.41, 5.74) is 6.71. The predicted molar refractivity (Wildman–Crippen MR) is 77.5 cm³/mol. The van der Waals surface area contributed by atoms with Crippen molar-refractivity contribution in [2.45, 2.75) is 18.8 Å². The van der Waals surface area contributed by atoms with Crippen LogP contribution < -0.4 is 10.5 Å². The lowest BCUT2D eigenvalue weighted by Gasteiger charge is -2.07. The number of ether oxygens (including phenoxy) is 1. The minimum Gasteiger partial charge on any atom is -0.489 e. The Bertz CT molecular complexity index is 631. The van der Waals surface area contributed by atoms with Gasteiger partial charge in [-0.25, -0.2) is 9.37 Å². The van der Waals surface area contributed by atoms with Crippen LogP contribution in [-0.4, -0.2) is 28.3 Å². The molecular weight excluding hydrogens is 271 g/mol. The number of aromatic amines is 1. The zero-order valence-corrected chi connectivity index (χ0v) is 11.6. The number of nitrogens with one attached hydrogen (secondary N) is 1. The van der Waals surface area contributed by atoms with E-state index >= 15 is 0 Å². The molecule has 5 nitrogen and oxygen atoms in total. The maximum Gasteiger partial charge on any atom is 0.181 e. The van der Waals surface area contributed by atoms with Crippen LogP contribution in [0.25, 0.3) is 11.4 Å². The van der Waals surface area contributed by atoms with E-state index in [0.717, 1.165) is 11.4 Å². The van der Waals surface area contributed by atoms with Gasteiger partial charge in [0.15, 0.2) is 5.82 Å². The molecule has 1 aromatic heterocycles. The van der Waals surface area contributed by atoms with Gasteiger partial charge in [-0.2, -0.15) is 5.10 Å². The van der Waals surface area contributed by atoms with Crippen LogP contribution in [-0.2, 0) is 0 Å². The quantitative estimate of drug-likeness (QED) is 0.856. The number of halogens is 1. The summed E-state index contributed by atoms with van der Waals surface area (Å²) < 4.78 is 17.8. The van der Waals surface area contributed by atoms with E-state index in [9.17, 15) is 4.39 Å². The van der Waals surface area contributed by atoms with Crippen molar-refractivity contribution >= 4 is 0 Å². The second-order valence-electron chi connectivity index (χ2n) is 5.10. The van der Waals surface area contributed by atoms with Crippen LogP contribution >= 0.6 is 0 Å². The lowest BCUT2D eigenvalue weighted by molar-refractivity contribution is 0.347. The van der Waals surface area contributed by atoms with Gasteiger partial charge in [0, 0.05) is 23.6 Å². The molecule has 0 amide bonds. The first kappa shape index (κ1) is 13.8. The molecule has 0 unspecified atom stereocenters. The highest BCUT2D eigenvalue weighted by Gasteiger charge is 2.27. The predicted octanol–water partition coefficient (Wildman–Crippen LogP) is 2.54. The zero-order chi connectivity index (χ0) is 14.7. The maximum atomic E-state index is 12.4. The monoisotopic (exact) mass is 288 g/mol. The van der Waals surface area contributed by atoms with Crippen LogP contribution in [0, 0.1) is 0 Å². The van der Waals surface area contributed by atoms with Crippen LogP contribution in [0.5, 0.6) is 5.75 Å². The number of rotatable bonds is 6. The van der Waals surface area contributed by atoms with E-state index in [2.05, 4.69) is 15.2 Å². The Morgan fingerprint density at radius 3 is 2.76 bits per heavy atom. The van der Waals surface area contributed by atoms with E-state index in [0.29, 0.717) is 29.4 Å². The van der Waals surface area contributed by atoms with Crippen molar-refractivity contribution in [2.24, 2.45) is 5.73 Å². The highest BCUT2D eigenvalue weighted by molar-refractivity contribution is 5.56. The molecule has 1 aliphatic carbocycles. The Kier molecular flexibility index (Phi) is 3.96. The lowest BCUT2D eigenvalue weighted by Crippen LogP contribution is -2.10. The number of H-pyrrole nitrogens is 1. The first-order valence-electron chi connectivity index (χ1n) is 6.94. The van der Waals surface area contributed by atoms with E-state index < -0.39 is 0 Å². The zero-order valence-electron chi connectivity index (χ0n) is 11.6. The van der Waals surface area contributed by atoms with Gasteiger partial charge in [0.2, 0.25) is 0 Å².